The molecule has 2 aromatic heterocycles. The number of nitrogens with two attached hydrogens (primary N) is 1. The molecule has 1 spiro atoms. The van der Waals surface area contributed by atoms with Crippen LogP contribution in [0, 0.1) is 12.3 Å². The normalized spacial score (nSPS) is 19.2. The van der Waals surface area contributed by atoms with E-state index in [0.717, 1.165) is 19.3 Å². The van der Waals surface area contributed by atoms with Crippen LogP contribution in [0.5, 0.6) is 5.88 Å². The molecule has 2 fully saturated rings. The number of hydrogen-bond acceptors (Lipinski definition) is 9. The van der Waals surface area contributed by atoms with E-state index in [0.29, 0.717) is 44.2 Å². The second-order valence-corrected chi connectivity index (χ2v) is 11.3. The van der Waals surface area contributed by atoms with Crippen molar-refractivity contribution in [3.63, 3.8) is 0 Å². The van der Waals surface area contributed by atoms with Gasteiger partial charge in [0, 0.05) is 42.5 Å². The van der Waals surface area contributed by atoms with Gasteiger partial charge >= 0.3 is 12.1 Å². The molecular weight excluding hydrogens is 575 g/mol. The number of aryl methyl sites for hydroxylation is 1. The molecule has 2 aliphatic heterocycles. The Morgan fingerprint density at radius 3 is 2.67 bits per heavy atom. The summed E-state index contributed by atoms with van der Waals surface area (Å²) in [5.74, 6) is -0.368. The smallest absolute Gasteiger partial charge is 0.429 e. The van der Waals surface area contributed by atoms with E-state index in [1.807, 2.05) is 11.8 Å². The molecule has 1 aromatic carbocycles. The Kier molecular flexibility index (Phi) is 8.51. The number of piperidine rings is 1. The Morgan fingerprint density at radius 2 is 2.00 bits per heavy atom. The van der Waals surface area contributed by atoms with E-state index in [1.54, 1.807) is 19.2 Å². The summed E-state index contributed by atoms with van der Waals surface area (Å²) in [6, 6.07) is 6.76. The van der Waals surface area contributed by atoms with Gasteiger partial charge in [-0.15, -0.1) is 0 Å². The van der Waals surface area contributed by atoms with Gasteiger partial charge in [0.05, 0.1) is 18.0 Å². The molecule has 2 aliphatic rings. The number of anilines is 2. The van der Waals surface area contributed by atoms with E-state index >= 15 is 0 Å². The average Bonchev–Trinajstić information content (AvgIpc) is 3.56. The first-order valence-electron chi connectivity index (χ1n) is 13.8. The van der Waals surface area contributed by atoms with E-state index in [9.17, 15) is 18.0 Å². The number of esters is 1. The Balaban J connectivity index is 1.34. The summed E-state index contributed by atoms with van der Waals surface area (Å²) in [7, 11) is 0. The summed E-state index contributed by atoms with van der Waals surface area (Å²) < 4.78 is 55.5. The number of hydrogen-bond donors (Lipinski definition) is 2. The van der Waals surface area contributed by atoms with Crippen LogP contribution in [-0.2, 0) is 9.53 Å². The van der Waals surface area contributed by atoms with E-state index in [4.69, 9.17) is 26.8 Å². The van der Waals surface area contributed by atoms with Crippen LogP contribution in [-0.4, -0.2) is 64.2 Å². The molecule has 5 rings (SSSR count). The second-order valence-electron chi connectivity index (χ2n) is 10.9. The number of rotatable bonds is 8. The number of nitrogens with one attached hydrogen (secondary N) is 1. The van der Waals surface area contributed by atoms with Crippen LogP contribution in [0.2, 0.25) is 5.02 Å². The maximum Gasteiger partial charge on any atom is 0.429 e. The number of halogens is 4. The summed E-state index contributed by atoms with van der Waals surface area (Å²) in [6.07, 6.45) is -2.66. The van der Waals surface area contributed by atoms with Crippen LogP contribution in [0.25, 0.3) is 5.69 Å². The zero-order valence-electron chi connectivity index (χ0n) is 23.3. The molecule has 3 aromatic rings. The number of carbonyl (C=O) groups is 1. The molecule has 10 nitrogen and oxygen atoms in total. The lowest BCUT2D eigenvalue weighted by Crippen LogP contribution is -2.41. The Morgan fingerprint density at radius 1 is 1.24 bits per heavy atom. The minimum Gasteiger partial charge on any atom is -0.465 e. The molecule has 0 radical (unpaired) electrons. The van der Waals surface area contributed by atoms with Crippen molar-refractivity contribution < 1.29 is 27.4 Å². The fourth-order valence-electron chi connectivity index (χ4n) is 5.54. The highest BCUT2D eigenvalue weighted by Gasteiger charge is 2.46. The molecule has 0 saturated carbocycles. The first kappa shape index (κ1) is 29.9. The first-order valence-corrected chi connectivity index (χ1v) is 14.2. The molecule has 2 saturated heterocycles. The van der Waals surface area contributed by atoms with E-state index in [-0.39, 0.29) is 45.5 Å². The third-order valence-corrected chi connectivity index (χ3v) is 7.96. The Labute approximate surface area is 246 Å². The van der Waals surface area contributed by atoms with Crippen LogP contribution in [0.15, 0.2) is 36.5 Å². The molecular formula is C28H33ClF3N7O3. The Hall–Kier alpha value is -3.58. The highest BCUT2D eigenvalue weighted by atomic mass is 35.5. The number of carbonyl (C=O) groups excluding carboxylic acids is 1. The van der Waals surface area contributed by atoms with Crippen LogP contribution in [0.3, 0.4) is 0 Å². The van der Waals surface area contributed by atoms with Gasteiger partial charge in [-0.25, -0.2) is 4.68 Å². The summed E-state index contributed by atoms with van der Waals surface area (Å²) in [5, 5.41) is 7.80. The minimum atomic E-state index is -4.80. The number of alkyl halides is 3. The summed E-state index contributed by atoms with van der Waals surface area (Å²) in [4.78, 5) is 22.5. The largest absolute Gasteiger partial charge is 0.465 e. The lowest BCUT2D eigenvalue weighted by Gasteiger charge is -2.39. The predicted molar refractivity (Wildman–Crippen MR) is 151 cm³/mol. The van der Waals surface area contributed by atoms with Crippen LogP contribution < -0.4 is 20.7 Å². The second kappa shape index (κ2) is 12.0. The number of ether oxygens (including phenoxy) is 2. The summed E-state index contributed by atoms with van der Waals surface area (Å²) in [6.45, 7) is 5.93. The monoisotopic (exact) mass is 607 g/mol. The fourth-order valence-corrected chi connectivity index (χ4v) is 5.71. The van der Waals surface area contributed by atoms with Gasteiger partial charge < -0.3 is 25.4 Å². The van der Waals surface area contributed by atoms with Crippen molar-refractivity contribution in [2.75, 3.05) is 36.9 Å². The van der Waals surface area contributed by atoms with Crippen molar-refractivity contribution in [2.24, 2.45) is 5.41 Å². The number of benzene rings is 1. The molecule has 0 unspecified atom stereocenters. The van der Waals surface area contributed by atoms with Crippen molar-refractivity contribution >= 4 is 29.3 Å². The minimum absolute atomic E-state index is 0.0679. The SMILES string of the molecule is CCCOC(=O)[C@@H]1CC2(CCN(c3cc(O[C@H](c4ccc(Cl)cc4-n4ccc(C)n4)C(F)(F)F)nc(N)n3)CC2)CN1. The zero-order valence-corrected chi connectivity index (χ0v) is 24.1. The lowest BCUT2D eigenvalue weighted by molar-refractivity contribution is -0.198. The van der Waals surface area contributed by atoms with Gasteiger partial charge in [-0.1, -0.05) is 24.6 Å². The van der Waals surface area contributed by atoms with Gasteiger partial charge in [0.25, 0.3) is 0 Å². The molecule has 0 bridgehead atoms. The third kappa shape index (κ3) is 6.57. The van der Waals surface area contributed by atoms with Crippen LogP contribution in [0.4, 0.5) is 24.9 Å². The lowest BCUT2D eigenvalue weighted by atomic mass is 9.76. The molecule has 226 valence electrons. The predicted octanol–water partition coefficient (Wildman–Crippen LogP) is 4.79. The molecule has 42 heavy (non-hydrogen) atoms. The molecule has 3 N–H and O–H groups in total. The molecule has 0 amide bonds. The standard InChI is InChI=1S/C28H33ClF3N7O3/c1-3-12-41-25(40)20-15-27(16-34-20)7-10-38(11-8-27)22-14-23(36-26(33)35-22)42-24(28(30,31)32)19-5-4-18(29)13-21(19)39-9-6-17(2)37-39/h4-6,9,13-14,20,24,34H,3,7-8,10-12,15-16H2,1-2H3,(H2,33,35,36)/t20-,24+/m0/s1. The van der Waals surface area contributed by atoms with E-state index < -0.39 is 12.3 Å². The first-order chi connectivity index (χ1) is 20.0. The Bertz CT molecular complexity index is 1430. The maximum atomic E-state index is 14.5. The quantitative estimate of drug-likeness (QED) is 0.348. The fraction of sp³-hybridized carbons (Fsp3) is 0.500. The molecule has 0 aliphatic carbocycles. The topological polar surface area (TPSA) is 120 Å². The van der Waals surface area contributed by atoms with Gasteiger partial charge in [-0.05, 0) is 56.2 Å². The zero-order chi connectivity index (χ0) is 30.1. The molecule has 14 heteroatoms. The van der Waals surface area contributed by atoms with Gasteiger partial charge in [0.2, 0.25) is 17.9 Å². The van der Waals surface area contributed by atoms with Crippen molar-refractivity contribution in [3.8, 4) is 11.6 Å². The van der Waals surface area contributed by atoms with Crippen LogP contribution in [0.1, 0.15) is 50.0 Å². The van der Waals surface area contributed by atoms with Gasteiger partial charge in [0.1, 0.15) is 11.9 Å². The van der Waals surface area contributed by atoms with Gasteiger partial charge in [-0.2, -0.15) is 28.2 Å². The van der Waals surface area contributed by atoms with Crippen molar-refractivity contribution in [2.45, 2.75) is 57.9 Å². The molecule has 4 heterocycles. The van der Waals surface area contributed by atoms with Gasteiger partial charge in [0.15, 0.2) is 0 Å². The maximum absolute atomic E-state index is 14.5. The van der Waals surface area contributed by atoms with E-state index in [1.165, 1.54) is 28.9 Å². The highest BCUT2D eigenvalue weighted by Crippen LogP contribution is 2.42. The highest BCUT2D eigenvalue weighted by molar-refractivity contribution is 6.30. The summed E-state index contributed by atoms with van der Waals surface area (Å²) >= 11 is 6.14. The number of nitrogens with zero attached hydrogens (tertiary/aromatic N) is 5. The van der Waals surface area contributed by atoms with Crippen molar-refractivity contribution in [1.29, 1.82) is 0 Å². The number of nitrogen functional groups attached to an aromatic ring is 1. The average molecular weight is 608 g/mol. The summed E-state index contributed by atoms with van der Waals surface area (Å²) in [5.41, 5.74) is 6.44. The van der Waals surface area contributed by atoms with E-state index in [2.05, 4.69) is 20.4 Å². The molecule has 2 atom stereocenters. The van der Waals surface area contributed by atoms with Crippen molar-refractivity contribution in [3.05, 3.63) is 52.8 Å². The van der Waals surface area contributed by atoms with Crippen LogP contribution >= 0.6 is 11.6 Å². The van der Waals surface area contributed by atoms with Gasteiger partial charge in [-0.3, -0.25) is 4.79 Å². The number of aromatic nitrogens is 4. The third-order valence-electron chi connectivity index (χ3n) is 7.73. The van der Waals surface area contributed by atoms with Crippen molar-refractivity contribution in [1.82, 2.24) is 25.1 Å².